The number of hydrogen-bond acceptors (Lipinski definition) is 4. The second-order valence-electron chi connectivity index (χ2n) is 19.2. The number of rotatable bonds is 8. The molecule has 2 aromatic heterocycles. The van der Waals surface area contributed by atoms with Crippen molar-refractivity contribution in [3.8, 4) is 61.8 Å². The van der Waals surface area contributed by atoms with E-state index in [-0.39, 0.29) is 21.1 Å². The molecule has 5 nitrogen and oxygen atoms in total. The first-order chi connectivity index (χ1) is 36.1. The summed E-state index contributed by atoms with van der Waals surface area (Å²) < 4.78 is 9.42. The molecule has 2 aliphatic carbocycles. The number of anilines is 4. The van der Waals surface area contributed by atoms with Crippen LogP contribution in [0.2, 0.25) is 0 Å². The molecule has 1 spiro atoms. The summed E-state index contributed by atoms with van der Waals surface area (Å²) in [4.78, 5) is 9.76. The van der Waals surface area contributed by atoms with Gasteiger partial charge in [0.1, 0.15) is 5.82 Å². The van der Waals surface area contributed by atoms with E-state index >= 15 is 0 Å². The minimum absolute atomic E-state index is 0. The van der Waals surface area contributed by atoms with Gasteiger partial charge in [-0.15, -0.1) is 48.3 Å². The number of aromatic nitrogens is 2. The monoisotopic (exact) mass is 1130 g/mol. The maximum Gasteiger partial charge on any atom is 0.135 e. The summed E-state index contributed by atoms with van der Waals surface area (Å²) in [6, 6.07) is 89.8. The maximum atomic E-state index is 7.14. The number of pyridine rings is 1. The Hall–Kier alpha value is -8.76. The Bertz CT molecular complexity index is 4080. The van der Waals surface area contributed by atoms with Crippen molar-refractivity contribution < 1.29 is 25.8 Å². The van der Waals surface area contributed by atoms with Crippen LogP contribution in [-0.4, -0.2) is 9.55 Å². The molecule has 354 valence electrons. The zero-order chi connectivity index (χ0) is 48.2. The van der Waals surface area contributed by atoms with Gasteiger partial charge in [0, 0.05) is 83.4 Å². The molecule has 0 unspecified atom stereocenters. The van der Waals surface area contributed by atoms with Crippen molar-refractivity contribution in [1.29, 1.82) is 0 Å². The second-order valence-corrected chi connectivity index (χ2v) is 19.2. The van der Waals surface area contributed by atoms with Gasteiger partial charge in [-0.05, 0) is 86.6 Å². The molecule has 0 N–H and O–H groups in total. The van der Waals surface area contributed by atoms with E-state index in [0.29, 0.717) is 11.5 Å². The summed E-state index contributed by atoms with van der Waals surface area (Å²) in [7, 11) is 0. The first kappa shape index (κ1) is 44.0. The van der Waals surface area contributed by atoms with Crippen LogP contribution in [0.3, 0.4) is 0 Å². The van der Waals surface area contributed by atoms with Crippen molar-refractivity contribution >= 4 is 44.6 Å². The van der Waals surface area contributed by atoms with Gasteiger partial charge in [0.25, 0.3) is 0 Å². The van der Waals surface area contributed by atoms with Crippen molar-refractivity contribution in [1.82, 2.24) is 9.55 Å². The van der Waals surface area contributed by atoms with Gasteiger partial charge in [-0.2, -0.15) is 6.07 Å². The first-order valence-corrected chi connectivity index (χ1v) is 24.9. The molecule has 0 fully saturated rings. The molecule has 0 bridgehead atoms. The third-order valence-corrected chi connectivity index (χ3v) is 15.3. The standard InChI is InChI=1S/C68H43N4O.Pt/c1-44-38-64(69-42-55(44)47-24-9-4-10-25-47)72-62-37-19-34-58-65(62)66-59(68(58)56-32-13-11-28-53(56)54-29-12-14-33-57(54)68)40-50(41-63(66)72)73-49-27-17-26-48(39-49)70-43-71(61-36-16-15-35-60(61)70)67-51(45-20-5-2-6-21-45)30-18-31-52(67)46-22-7-3-8-23-46;/h2-38,40,42-43H,1H3;/q-3;. The fourth-order valence-corrected chi connectivity index (χ4v) is 12.3. The third-order valence-electron chi connectivity index (χ3n) is 15.3. The number of ether oxygens (including phenoxy) is 1. The minimum atomic E-state index is -0.569. The molecular formula is C68H43N4OPt-3. The maximum absolute atomic E-state index is 7.14. The molecule has 0 radical (unpaired) electrons. The van der Waals surface area contributed by atoms with Crippen LogP contribution in [0.5, 0.6) is 11.5 Å². The van der Waals surface area contributed by atoms with Gasteiger partial charge >= 0.3 is 0 Å². The fourth-order valence-electron chi connectivity index (χ4n) is 12.3. The molecule has 6 heteroatoms. The Labute approximate surface area is 444 Å². The number of fused-ring (bicyclic) bond motifs is 8. The predicted octanol–water partition coefficient (Wildman–Crippen LogP) is 17.0. The molecule has 10 aromatic carbocycles. The van der Waals surface area contributed by atoms with Crippen molar-refractivity contribution in [2.75, 3.05) is 9.80 Å². The Morgan fingerprint density at radius 2 is 1.00 bits per heavy atom. The summed E-state index contributed by atoms with van der Waals surface area (Å²) in [5.74, 6) is 2.03. The number of aryl methyl sites for hydroxylation is 1. The summed E-state index contributed by atoms with van der Waals surface area (Å²) in [6.07, 6.45) is 2.01. The summed E-state index contributed by atoms with van der Waals surface area (Å²) in [5, 5.41) is 2.39. The smallest absolute Gasteiger partial charge is 0.135 e. The van der Waals surface area contributed by atoms with E-state index < -0.39 is 5.41 Å². The molecule has 1 aliphatic heterocycles. The summed E-state index contributed by atoms with van der Waals surface area (Å²) in [6.45, 7) is 4.37. The van der Waals surface area contributed by atoms with Crippen molar-refractivity contribution in [2.45, 2.75) is 12.3 Å². The molecule has 0 amide bonds. The van der Waals surface area contributed by atoms with E-state index in [4.69, 9.17) is 9.72 Å². The molecule has 0 saturated heterocycles. The van der Waals surface area contributed by atoms with Crippen LogP contribution in [-0.2, 0) is 26.5 Å². The predicted molar refractivity (Wildman–Crippen MR) is 296 cm³/mol. The first-order valence-electron chi connectivity index (χ1n) is 24.9. The van der Waals surface area contributed by atoms with Gasteiger partial charge in [-0.25, -0.2) is 4.98 Å². The minimum Gasteiger partial charge on any atom is -0.509 e. The third kappa shape index (κ3) is 6.43. The molecule has 12 aromatic rings. The summed E-state index contributed by atoms with van der Waals surface area (Å²) >= 11 is 0. The molecule has 15 rings (SSSR count). The van der Waals surface area contributed by atoms with Gasteiger partial charge in [0.05, 0.1) is 0 Å². The van der Waals surface area contributed by atoms with Gasteiger partial charge in [0.15, 0.2) is 0 Å². The topological polar surface area (TPSA) is 33.5 Å². The average Bonchev–Trinajstić information content (AvgIpc) is 4.18. The van der Waals surface area contributed by atoms with Crippen molar-refractivity contribution in [3.63, 3.8) is 0 Å². The Morgan fingerprint density at radius 3 is 1.65 bits per heavy atom. The molecule has 0 atom stereocenters. The second kappa shape index (κ2) is 17.2. The van der Waals surface area contributed by atoms with Crippen molar-refractivity contribution in [2.24, 2.45) is 0 Å². The Kier molecular flexibility index (Phi) is 10.2. The summed E-state index contributed by atoms with van der Waals surface area (Å²) in [5.41, 5.74) is 21.0. The zero-order valence-corrected chi connectivity index (χ0v) is 42.4. The van der Waals surface area contributed by atoms with Crippen LogP contribution in [0.4, 0.5) is 22.7 Å². The Balaban J connectivity index is 0.00000505. The van der Waals surface area contributed by atoms with Crippen LogP contribution in [0.1, 0.15) is 27.8 Å². The van der Waals surface area contributed by atoms with Crippen LogP contribution < -0.4 is 14.5 Å². The molecule has 3 aliphatic rings. The fraction of sp³-hybridized carbons (Fsp3) is 0.0294. The normalized spacial score (nSPS) is 13.4. The molecular weight excluding hydrogens is 1080 g/mol. The molecule has 0 saturated carbocycles. The van der Waals surface area contributed by atoms with Gasteiger partial charge in [-0.3, -0.25) is 0 Å². The van der Waals surface area contributed by atoms with Crippen LogP contribution >= 0.6 is 0 Å². The van der Waals surface area contributed by atoms with E-state index in [1.54, 1.807) is 0 Å². The molecule has 74 heavy (non-hydrogen) atoms. The number of hydrogen-bond donors (Lipinski definition) is 0. The average molecular weight is 1130 g/mol. The quantitative estimate of drug-likeness (QED) is 0.142. The number of para-hydroxylation sites is 3. The van der Waals surface area contributed by atoms with E-state index in [2.05, 4.69) is 265 Å². The number of benzene rings is 10. The van der Waals surface area contributed by atoms with Crippen LogP contribution in [0.15, 0.2) is 237 Å². The van der Waals surface area contributed by atoms with Crippen LogP contribution in [0.25, 0.3) is 72.1 Å². The SMILES string of the molecule is Cc1cc(-n2c3[c-]c(Oc4[c-]c(N5[CH-]N(c6c(-c7ccccc7)cccc6-c6ccccc6)c6ccccc65)ccc4)cc4c3c3c(cccc32)C42c3ccccc3-c3ccccc32)ncc1-c1ccccc1.[Pt]. The Morgan fingerprint density at radius 1 is 0.459 bits per heavy atom. The van der Waals surface area contributed by atoms with Gasteiger partial charge in [0.2, 0.25) is 0 Å². The van der Waals surface area contributed by atoms with E-state index in [0.717, 1.165) is 78.5 Å². The molecule has 3 heterocycles. The van der Waals surface area contributed by atoms with Gasteiger partial charge < -0.3 is 19.1 Å². The van der Waals surface area contributed by atoms with E-state index in [1.807, 2.05) is 12.3 Å². The van der Waals surface area contributed by atoms with E-state index in [9.17, 15) is 0 Å². The largest absolute Gasteiger partial charge is 0.509 e. The van der Waals surface area contributed by atoms with Gasteiger partial charge in [-0.1, -0.05) is 193 Å². The number of nitrogens with zero attached hydrogens (tertiary/aromatic N) is 4. The van der Waals surface area contributed by atoms with Crippen LogP contribution in [0, 0.1) is 25.7 Å². The van der Waals surface area contributed by atoms with Crippen molar-refractivity contribution in [3.05, 3.63) is 283 Å². The van der Waals surface area contributed by atoms with E-state index in [1.165, 1.54) is 44.2 Å². The zero-order valence-electron chi connectivity index (χ0n) is 40.1.